The standard InChI is InChI=1S/C25H24ClN3O4S/c1-28-21(30)19-18-13-27-24(34-14-16-8-10-17(26)11-9-16)29(18)25(23(32)33-2,20(19)22(28)31)12-15-6-4-3-5-7-15/h3-11,18-20H,12-14H2,1-2H3/t18-,19+,20-,25-/m1/s1. The summed E-state index contributed by atoms with van der Waals surface area (Å²) in [5.74, 6) is -1.98. The van der Waals surface area contributed by atoms with Gasteiger partial charge in [-0.05, 0) is 23.3 Å². The van der Waals surface area contributed by atoms with Gasteiger partial charge >= 0.3 is 5.97 Å². The van der Waals surface area contributed by atoms with Gasteiger partial charge < -0.3 is 9.64 Å². The minimum atomic E-state index is -1.36. The predicted molar refractivity (Wildman–Crippen MR) is 130 cm³/mol. The first-order chi connectivity index (χ1) is 16.4. The second-order valence-electron chi connectivity index (χ2n) is 8.79. The summed E-state index contributed by atoms with van der Waals surface area (Å²) in [4.78, 5) is 48.0. The van der Waals surface area contributed by atoms with E-state index in [-0.39, 0.29) is 24.3 Å². The number of carbonyl (C=O) groups is 3. The molecule has 4 atom stereocenters. The number of rotatable bonds is 5. The molecule has 2 saturated heterocycles. The van der Waals surface area contributed by atoms with E-state index in [4.69, 9.17) is 21.3 Å². The molecule has 3 aliphatic heterocycles. The lowest BCUT2D eigenvalue weighted by Gasteiger charge is -2.40. The normalized spacial score (nSPS) is 27.6. The summed E-state index contributed by atoms with van der Waals surface area (Å²) in [6.45, 7) is 0.352. The van der Waals surface area contributed by atoms with Crippen LogP contribution < -0.4 is 0 Å². The molecule has 34 heavy (non-hydrogen) atoms. The fraction of sp³-hybridized carbons (Fsp3) is 0.360. The van der Waals surface area contributed by atoms with Crippen molar-refractivity contribution in [3.63, 3.8) is 0 Å². The van der Waals surface area contributed by atoms with Crippen molar-refractivity contribution in [2.45, 2.75) is 23.8 Å². The minimum Gasteiger partial charge on any atom is -0.467 e. The summed E-state index contributed by atoms with van der Waals surface area (Å²) in [5.41, 5.74) is 0.584. The highest BCUT2D eigenvalue weighted by Gasteiger charge is 2.73. The van der Waals surface area contributed by atoms with Crippen LogP contribution in [0.4, 0.5) is 0 Å². The summed E-state index contributed by atoms with van der Waals surface area (Å²) in [6, 6.07) is 16.7. The van der Waals surface area contributed by atoms with Crippen LogP contribution >= 0.6 is 23.4 Å². The van der Waals surface area contributed by atoms with E-state index in [9.17, 15) is 14.4 Å². The number of fused-ring (bicyclic) bond motifs is 3. The molecule has 0 saturated carbocycles. The molecule has 0 N–H and O–H groups in total. The first-order valence-electron chi connectivity index (χ1n) is 11.0. The van der Waals surface area contributed by atoms with Gasteiger partial charge in [-0.1, -0.05) is 65.8 Å². The van der Waals surface area contributed by atoms with E-state index in [1.165, 1.54) is 25.9 Å². The smallest absolute Gasteiger partial charge is 0.333 e. The first-order valence-corrected chi connectivity index (χ1v) is 12.4. The molecule has 9 heteroatoms. The fourth-order valence-corrected chi connectivity index (χ4v) is 6.72. The molecule has 3 heterocycles. The topological polar surface area (TPSA) is 79.3 Å². The van der Waals surface area contributed by atoms with Gasteiger partial charge in [-0.25, -0.2) is 4.79 Å². The van der Waals surface area contributed by atoms with E-state index < -0.39 is 23.3 Å². The summed E-state index contributed by atoms with van der Waals surface area (Å²) in [6.07, 6.45) is 0.242. The molecule has 5 rings (SSSR count). The van der Waals surface area contributed by atoms with Gasteiger partial charge in [-0.3, -0.25) is 19.5 Å². The molecule has 2 amide bonds. The van der Waals surface area contributed by atoms with Gasteiger partial charge in [0.1, 0.15) is 0 Å². The molecule has 0 bridgehead atoms. The van der Waals surface area contributed by atoms with E-state index in [0.717, 1.165) is 16.0 Å². The molecule has 0 spiro atoms. The third kappa shape index (κ3) is 3.43. The molecule has 2 aromatic rings. The number of esters is 1. The van der Waals surface area contributed by atoms with Crippen LogP contribution in [0.3, 0.4) is 0 Å². The number of amides is 2. The van der Waals surface area contributed by atoms with Gasteiger partial charge in [0.2, 0.25) is 11.8 Å². The summed E-state index contributed by atoms with van der Waals surface area (Å²) in [5, 5.41) is 1.31. The van der Waals surface area contributed by atoms with Crippen LogP contribution in [0.2, 0.25) is 5.02 Å². The third-order valence-corrected chi connectivity index (χ3v) is 8.33. The Labute approximate surface area is 207 Å². The van der Waals surface area contributed by atoms with Gasteiger partial charge in [-0.15, -0.1) is 0 Å². The van der Waals surface area contributed by atoms with Gasteiger partial charge in [0, 0.05) is 24.2 Å². The Morgan fingerprint density at radius 3 is 2.50 bits per heavy atom. The van der Waals surface area contributed by atoms with E-state index in [0.29, 0.717) is 22.5 Å². The van der Waals surface area contributed by atoms with Crippen molar-refractivity contribution in [1.82, 2.24) is 9.80 Å². The Morgan fingerprint density at radius 2 is 1.82 bits per heavy atom. The molecule has 2 aromatic carbocycles. The van der Waals surface area contributed by atoms with Crippen molar-refractivity contribution in [2.24, 2.45) is 16.8 Å². The molecule has 0 unspecified atom stereocenters. The van der Waals surface area contributed by atoms with Crippen molar-refractivity contribution in [1.29, 1.82) is 0 Å². The van der Waals surface area contributed by atoms with Crippen LogP contribution in [-0.4, -0.2) is 65.0 Å². The average molecular weight is 498 g/mol. The van der Waals surface area contributed by atoms with Crippen molar-refractivity contribution in [2.75, 3.05) is 20.7 Å². The molecule has 0 aliphatic carbocycles. The predicted octanol–water partition coefficient (Wildman–Crippen LogP) is 3.01. The number of thioether (sulfide) groups is 1. The molecule has 3 aliphatic rings. The van der Waals surface area contributed by atoms with Crippen LogP contribution in [0.1, 0.15) is 11.1 Å². The zero-order valence-electron chi connectivity index (χ0n) is 18.8. The molecule has 0 radical (unpaired) electrons. The molecule has 176 valence electrons. The lowest BCUT2D eigenvalue weighted by atomic mass is 9.76. The number of aliphatic imine (C=N–C) groups is 1. The van der Waals surface area contributed by atoms with E-state index >= 15 is 0 Å². The van der Waals surface area contributed by atoms with Crippen LogP contribution in [-0.2, 0) is 31.3 Å². The highest BCUT2D eigenvalue weighted by atomic mass is 35.5. The number of hydrogen-bond acceptors (Lipinski definition) is 7. The van der Waals surface area contributed by atoms with Crippen LogP contribution in [0.15, 0.2) is 59.6 Å². The Hall–Kier alpha value is -2.84. The quantitative estimate of drug-likeness (QED) is 0.466. The highest BCUT2D eigenvalue weighted by Crippen LogP contribution is 2.53. The number of benzene rings is 2. The number of hydrogen-bond donors (Lipinski definition) is 0. The fourth-order valence-electron chi connectivity index (χ4n) is 5.51. The summed E-state index contributed by atoms with van der Waals surface area (Å²) < 4.78 is 5.33. The third-order valence-electron chi connectivity index (χ3n) is 7.02. The van der Waals surface area contributed by atoms with Crippen LogP contribution in [0.5, 0.6) is 0 Å². The second-order valence-corrected chi connectivity index (χ2v) is 10.2. The second kappa shape index (κ2) is 8.74. The average Bonchev–Trinajstić information content (AvgIpc) is 3.46. The van der Waals surface area contributed by atoms with Gasteiger partial charge in [0.05, 0.1) is 31.5 Å². The van der Waals surface area contributed by atoms with Crippen molar-refractivity contribution in [3.05, 3.63) is 70.7 Å². The molecule has 7 nitrogen and oxygen atoms in total. The highest BCUT2D eigenvalue weighted by molar-refractivity contribution is 8.13. The lowest BCUT2D eigenvalue weighted by Crippen LogP contribution is -2.60. The lowest BCUT2D eigenvalue weighted by molar-refractivity contribution is -0.157. The maximum absolute atomic E-state index is 13.6. The summed E-state index contributed by atoms with van der Waals surface area (Å²) >= 11 is 7.50. The number of methoxy groups -OCH3 is 1. The number of amidine groups is 1. The number of ether oxygens (including phenoxy) is 1. The minimum absolute atomic E-state index is 0.242. The molecule has 0 aromatic heterocycles. The molecular formula is C25H24ClN3O4S. The Balaban J connectivity index is 1.57. The number of likely N-dealkylation sites (tertiary alicyclic amines) is 1. The monoisotopic (exact) mass is 497 g/mol. The van der Waals surface area contributed by atoms with Crippen molar-refractivity contribution >= 4 is 46.3 Å². The van der Waals surface area contributed by atoms with Crippen LogP contribution in [0, 0.1) is 11.8 Å². The van der Waals surface area contributed by atoms with Gasteiger partial charge in [0.25, 0.3) is 0 Å². The maximum atomic E-state index is 13.6. The Bertz CT molecular complexity index is 1170. The zero-order chi connectivity index (χ0) is 24.0. The number of halogens is 1. The van der Waals surface area contributed by atoms with Crippen LogP contribution in [0.25, 0.3) is 0 Å². The van der Waals surface area contributed by atoms with Crippen molar-refractivity contribution < 1.29 is 19.1 Å². The van der Waals surface area contributed by atoms with E-state index in [2.05, 4.69) is 0 Å². The maximum Gasteiger partial charge on any atom is 0.333 e. The van der Waals surface area contributed by atoms with Gasteiger partial charge in [0.15, 0.2) is 10.7 Å². The van der Waals surface area contributed by atoms with Crippen molar-refractivity contribution in [3.8, 4) is 0 Å². The number of nitrogens with zero attached hydrogens (tertiary/aromatic N) is 3. The SMILES string of the molecule is COC(=O)[C@@]1(Cc2ccccc2)[C@H]2C(=O)N(C)C(=O)[C@H]2[C@H]2CN=C(SCc3ccc(Cl)cc3)N21. The van der Waals surface area contributed by atoms with Gasteiger partial charge in [-0.2, -0.15) is 0 Å². The summed E-state index contributed by atoms with van der Waals surface area (Å²) in [7, 11) is 2.82. The zero-order valence-corrected chi connectivity index (χ0v) is 20.4. The Morgan fingerprint density at radius 1 is 1.12 bits per heavy atom. The first kappa shape index (κ1) is 22.9. The molecule has 2 fully saturated rings. The molecular weight excluding hydrogens is 474 g/mol. The van der Waals surface area contributed by atoms with E-state index in [1.807, 2.05) is 59.5 Å². The Kier molecular flexibility index (Phi) is 5.90. The van der Waals surface area contributed by atoms with E-state index in [1.54, 1.807) is 0 Å². The number of carbonyl (C=O) groups excluding carboxylic acids is 3. The largest absolute Gasteiger partial charge is 0.467 e. The number of imide groups is 1.